The summed E-state index contributed by atoms with van der Waals surface area (Å²) >= 11 is 0. The number of furan rings is 1. The third-order valence-electron chi connectivity index (χ3n) is 4.38. The zero-order valence-electron chi connectivity index (χ0n) is 13.5. The Morgan fingerprint density at radius 3 is 2.71 bits per heavy atom. The highest BCUT2D eigenvalue weighted by atomic mass is 16.7. The van der Waals surface area contributed by atoms with Crippen LogP contribution in [0.3, 0.4) is 0 Å². The summed E-state index contributed by atoms with van der Waals surface area (Å²) in [6, 6.07) is 14.8. The van der Waals surface area contributed by atoms with Crippen LogP contribution in [-0.2, 0) is 0 Å². The molecule has 5 nitrogen and oxygen atoms in total. The zero-order chi connectivity index (χ0) is 16.7. The first-order chi connectivity index (χ1) is 11.6. The summed E-state index contributed by atoms with van der Waals surface area (Å²) < 4.78 is 16.5. The van der Waals surface area contributed by atoms with Crippen LogP contribution >= 0.6 is 0 Å². The SMILES string of the molecule is CC(c1cc2ccccc2o1)N(C)C(=O)c1ccc2c(c1)OCO2. The molecule has 1 aromatic heterocycles. The second-order valence-electron chi connectivity index (χ2n) is 5.85. The van der Waals surface area contributed by atoms with Gasteiger partial charge < -0.3 is 18.8 Å². The Balaban J connectivity index is 1.59. The third kappa shape index (κ3) is 2.38. The number of hydrogen-bond donors (Lipinski definition) is 0. The fourth-order valence-electron chi connectivity index (χ4n) is 2.81. The van der Waals surface area contributed by atoms with E-state index in [-0.39, 0.29) is 18.7 Å². The lowest BCUT2D eigenvalue weighted by Crippen LogP contribution is -2.29. The van der Waals surface area contributed by atoms with Gasteiger partial charge in [-0.05, 0) is 37.3 Å². The minimum atomic E-state index is -0.185. The van der Waals surface area contributed by atoms with Gasteiger partial charge in [-0.1, -0.05) is 18.2 Å². The van der Waals surface area contributed by atoms with Crippen molar-refractivity contribution in [1.29, 1.82) is 0 Å². The largest absolute Gasteiger partial charge is 0.459 e. The van der Waals surface area contributed by atoms with Gasteiger partial charge in [0.25, 0.3) is 5.91 Å². The Hall–Kier alpha value is -2.95. The van der Waals surface area contributed by atoms with E-state index in [0.717, 1.165) is 16.7 Å². The lowest BCUT2D eigenvalue weighted by molar-refractivity contribution is 0.0727. The molecule has 1 atom stereocenters. The number of ether oxygens (including phenoxy) is 2. The van der Waals surface area contributed by atoms with Gasteiger partial charge in [0.2, 0.25) is 6.79 Å². The summed E-state index contributed by atoms with van der Waals surface area (Å²) in [5.41, 5.74) is 1.38. The molecule has 0 saturated heterocycles. The van der Waals surface area contributed by atoms with Crippen molar-refractivity contribution < 1.29 is 18.7 Å². The number of hydrogen-bond acceptors (Lipinski definition) is 4. The first-order valence-corrected chi connectivity index (χ1v) is 7.79. The second kappa shape index (κ2) is 5.60. The molecule has 1 aliphatic rings. The monoisotopic (exact) mass is 323 g/mol. The predicted octanol–water partition coefficient (Wildman–Crippen LogP) is 3.99. The molecule has 2 heterocycles. The molecule has 0 aliphatic carbocycles. The number of rotatable bonds is 3. The fourth-order valence-corrected chi connectivity index (χ4v) is 2.81. The van der Waals surface area contributed by atoms with E-state index >= 15 is 0 Å². The Morgan fingerprint density at radius 2 is 1.88 bits per heavy atom. The van der Waals surface area contributed by atoms with Crippen molar-refractivity contribution in [2.24, 2.45) is 0 Å². The van der Waals surface area contributed by atoms with Crippen molar-refractivity contribution in [2.45, 2.75) is 13.0 Å². The lowest BCUT2D eigenvalue weighted by atomic mass is 10.1. The van der Waals surface area contributed by atoms with Crippen molar-refractivity contribution in [3.63, 3.8) is 0 Å². The van der Waals surface area contributed by atoms with Gasteiger partial charge in [0.05, 0.1) is 6.04 Å². The molecule has 2 aromatic carbocycles. The summed E-state index contributed by atoms with van der Waals surface area (Å²) in [5, 5.41) is 1.03. The molecule has 122 valence electrons. The average Bonchev–Trinajstić information content (AvgIpc) is 3.25. The maximum Gasteiger partial charge on any atom is 0.254 e. The van der Waals surface area contributed by atoms with E-state index in [9.17, 15) is 4.79 Å². The van der Waals surface area contributed by atoms with Gasteiger partial charge in [0.15, 0.2) is 11.5 Å². The third-order valence-corrected chi connectivity index (χ3v) is 4.38. The van der Waals surface area contributed by atoms with Gasteiger partial charge in [0, 0.05) is 18.0 Å². The molecule has 1 aliphatic heterocycles. The maximum absolute atomic E-state index is 12.8. The van der Waals surface area contributed by atoms with Crippen LogP contribution in [0.15, 0.2) is 52.9 Å². The molecule has 1 unspecified atom stereocenters. The van der Waals surface area contributed by atoms with Crippen LogP contribution in [0.25, 0.3) is 11.0 Å². The highest BCUT2D eigenvalue weighted by Crippen LogP contribution is 2.33. The van der Waals surface area contributed by atoms with Gasteiger partial charge in [-0.2, -0.15) is 0 Å². The normalized spacial score (nSPS) is 13.9. The van der Waals surface area contributed by atoms with Crippen molar-refractivity contribution in [2.75, 3.05) is 13.8 Å². The number of fused-ring (bicyclic) bond motifs is 2. The van der Waals surface area contributed by atoms with E-state index in [4.69, 9.17) is 13.9 Å². The quantitative estimate of drug-likeness (QED) is 0.731. The van der Waals surface area contributed by atoms with Crippen LogP contribution in [0.4, 0.5) is 0 Å². The number of nitrogens with zero attached hydrogens (tertiary/aromatic N) is 1. The van der Waals surface area contributed by atoms with Crippen LogP contribution < -0.4 is 9.47 Å². The molecule has 24 heavy (non-hydrogen) atoms. The van der Waals surface area contributed by atoms with Gasteiger partial charge in [-0.15, -0.1) is 0 Å². The average molecular weight is 323 g/mol. The van der Waals surface area contributed by atoms with E-state index < -0.39 is 0 Å². The second-order valence-corrected chi connectivity index (χ2v) is 5.85. The van der Waals surface area contributed by atoms with Crippen molar-refractivity contribution in [3.05, 3.63) is 59.9 Å². The molecule has 0 radical (unpaired) electrons. The van der Waals surface area contributed by atoms with Crippen LogP contribution in [0.1, 0.15) is 29.1 Å². The molecule has 4 rings (SSSR count). The molecule has 0 spiro atoms. The smallest absolute Gasteiger partial charge is 0.254 e. The zero-order valence-corrected chi connectivity index (χ0v) is 13.5. The molecule has 3 aromatic rings. The highest BCUT2D eigenvalue weighted by Gasteiger charge is 2.24. The first-order valence-electron chi connectivity index (χ1n) is 7.79. The number of benzene rings is 2. The standard InChI is InChI=1S/C19H17NO4/c1-12(17-9-13-5-3-4-6-15(13)24-17)20(2)19(21)14-7-8-16-18(10-14)23-11-22-16/h3-10,12H,11H2,1-2H3. The summed E-state index contributed by atoms with van der Waals surface area (Å²) in [6.45, 7) is 2.14. The minimum Gasteiger partial charge on any atom is -0.459 e. The first kappa shape index (κ1) is 14.6. The number of carbonyl (C=O) groups excluding carboxylic acids is 1. The Kier molecular flexibility index (Phi) is 3.41. The molecule has 0 saturated carbocycles. The van der Waals surface area contributed by atoms with E-state index in [1.165, 1.54) is 0 Å². The van der Waals surface area contributed by atoms with Gasteiger partial charge >= 0.3 is 0 Å². The molecule has 0 N–H and O–H groups in total. The highest BCUT2D eigenvalue weighted by molar-refractivity contribution is 5.95. The molecule has 0 fully saturated rings. The molecular weight excluding hydrogens is 306 g/mol. The van der Waals surface area contributed by atoms with Gasteiger partial charge in [-0.25, -0.2) is 0 Å². The van der Waals surface area contributed by atoms with Crippen molar-refractivity contribution >= 4 is 16.9 Å². The summed E-state index contributed by atoms with van der Waals surface area (Å²) in [6.07, 6.45) is 0. The Labute approximate surface area is 139 Å². The molecule has 5 heteroatoms. The fraction of sp³-hybridized carbons (Fsp3) is 0.211. The summed E-state index contributed by atoms with van der Waals surface area (Å²) in [7, 11) is 1.77. The Morgan fingerprint density at radius 1 is 1.08 bits per heavy atom. The van der Waals surface area contributed by atoms with E-state index in [2.05, 4.69) is 0 Å². The molecule has 1 amide bonds. The summed E-state index contributed by atoms with van der Waals surface area (Å²) in [4.78, 5) is 14.4. The minimum absolute atomic E-state index is 0.0961. The number of amides is 1. The van der Waals surface area contributed by atoms with Gasteiger partial charge in [-0.3, -0.25) is 4.79 Å². The Bertz CT molecular complexity index is 882. The van der Waals surface area contributed by atoms with Gasteiger partial charge in [0.1, 0.15) is 11.3 Å². The van der Waals surface area contributed by atoms with E-state index in [1.54, 1.807) is 30.1 Å². The topological polar surface area (TPSA) is 51.9 Å². The predicted molar refractivity (Wildman–Crippen MR) is 89.3 cm³/mol. The van der Waals surface area contributed by atoms with Crippen LogP contribution in [0, 0.1) is 0 Å². The van der Waals surface area contributed by atoms with Crippen LogP contribution in [0.5, 0.6) is 11.5 Å². The number of para-hydroxylation sites is 1. The van der Waals surface area contributed by atoms with Crippen LogP contribution in [0.2, 0.25) is 0 Å². The van der Waals surface area contributed by atoms with Crippen LogP contribution in [-0.4, -0.2) is 24.6 Å². The molecule has 0 bridgehead atoms. The van der Waals surface area contributed by atoms with E-state index in [1.807, 2.05) is 37.3 Å². The lowest BCUT2D eigenvalue weighted by Gasteiger charge is -2.23. The molecular formula is C19H17NO4. The number of carbonyl (C=O) groups is 1. The van der Waals surface area contributed by atoms with E-state index in [0.29, 0.717) is 17.1 Å². The summed E-state index contributed by atoms with van der Waals surface area (Å²) in [5.74, 6) is 1.93. The van der Waals surface area contributed by atoms with Crippen molar-refractivity contribution in [1.82, 2.24) is 4.90 Å². The maximum atomic E-state index is 12.8. The van der Waals surface area contributed by atoms with Crippen molar-refractivity contribution in [3.8, 4) is 11.5 Å².